The zero-order valence-corrected chi connectivity index (χ0v) is 10.4. The lowest BCUT2D eigenvalue weighted by Crippen LogP contribution is -2.32. The van der Waals surface area contributed by atoms with Crippen LogP contribution in [0.3, 0.4) is 0 Å². The molecule has 1 N–H and O–H groups in total. The number of fused-ring (bicyclic) bond motifs is 1. The molecule has 1 aromatic carbocycles. The number of carbonyl (C=O) groups is 2. The molecule has 94 valence electrons. The van der Waals surface area contributed by atoms with Gasteiger partial charge in [0.25, 0.3) is 11.7 Å². The van der Waals surface area contributed by atoms with Gasteiger partial charge in [0.15, 0.2) is 0 Å². The zero-order valence-electron chi connectivity index (χ0n) is 10.4. The fraction of sp³-hybridized carbons (Fsp3) is 0.429. The average Bonchev–Trinajstić information content (AvgIpc) is 2.65. The van der Waals surface area contributed by atoms with Crippen LogP contribution in [0.15, 0.2) is 18.2 Å². The van der Waals surface area contributed by atoms with Gasteiger partial charge in [-0.1, -0.05) is 6.92 Å². The molecule has 1 aromatic rings. The highest BCUT2D eigenvalue weighted by Gasteiger charge is 2.28. The van der Waals surface area contributed by atoms with Crippen LogP contribution in [0.1, 0.15) is 30.1 Å². The largest absolute Gasteiger partial charge is 0.371 e. The second-order valence-corrected chi connectivity index (χ2v) is 5.18. The molecule has 3 rings (SSSR count). The summed E-state index contributed by atoms with van der Waals surface area (Å²) in [4.78, 5) is 25.1. The maximum atomic E-state index is 11.5. The molecule has 0 radical (unpaired) electrons. The monoisotopic (exact) mass is 244 g/mol. The molecule has 1 amide bonds. The molecule has 4 nitrogen and oxygen atoms in total. The van der Waals surface area contributed by atoms with Crippen molar-refractivity contribution in [2.24, 2.45) is 5.92 Å². The SMILES string of the molecule is CC1CCN(c2ccc3c(c2)NC(=O)C3=O)CC1. The Hall–Kier alpha value is -1.84. The topological polar surface area (TPSA) is 49.4 Å². The Labute approximate surface area is 106 Å². The summed E-state index contributed by atoms with van der Waals surface area (Å²) in [5, 5.41) is 2.62. The highest BCUT2D eigenvalue weighted by atomic mass is 16.2. The van der Waals surface area contributed by atoms with Gasteiger partial charge in [0.1, 0.15) is 0 Å². The summed E-state index contributed by atoms with van der Waals surface area (Å²) in [7, 11) is 0. The molecule has 0 unspecified atom stereocenters. The van der Waals surface area contributed by atoms with Crippen molar-refractivity contribution in [2.75, 3.05) is 23.3 Å². The van der Waals surface area contributed by atoms with Crippen molar-refractivity contribution in [3.05, 3.63) is 23.8 Å². The third-order valence-corrected chi connectivity index (χ3v) is 3.85. The van der Waals surface area contributed by atoms with Gasteiger partial charge in [-0.3, -0.25) is 9.59 Å². The minimum Gasteiger partial charge on any atom is -0.371 e. The van der Waals surface area contributed by atoms with Crippen LogP contribution in [-0.4, -0.2) is 24.8 Å². The first kappa shape index (κ1) is 11.3. The Balaban J connectivity index is 1.86. The molecule has 0 atom stereocenters. The molecule has 2 aliphatic heterocycles. The van der Waals surface area contributed by atoms with Crippen molar-refractivity contribution in [3.8, 4) is 0 Å². The fourth-order valence-electron chi connectivity index (χ4n) is 2.60. The van der Waals surface area contributed by atoms with Crippen molar-refractivity contribution in [1.29, 1.82) is 0 Å². The summed E-state index contributed by atoms with van der Waals surface area (Å²) in [6.45, 7) is 4.36. The standard InChI is InChI=1S/C14H16N2O2/c1-9-4-6-16(7-5-9)10-2-3-11-12(8-10)15-14(18)13(11)17/h2-3,8-9H,4-7H2,1H3,(H,15,17,18). The third kappa shape index (κ3) is 1.78. The number of hydrogen-bond donors (Lipinski definition) is 1. The van der Waals surface area contributed by atoms with E-state index in [2.05, 4.69) is 17.1 Å². The smallest absolute Gasteiger partial charge is 0.296 e. The minimum atomic E-state index is -0.519. The molecule has 1 saturated heterocycles. The van der Waals surface area contributed by atoms with Crippen molar-refractivity contribution in [2.45, 2.75) is 19.8 Å². The van der Waals surface area contributed by atoms with Crippen LogP contribution in [0.4, 0.5) is 11.4 Å². The Morgan fingerprint density at radius 3 is 2.67 bits per heavy atom. The molecular weight excluding hydrogens is 228 g/mol. The van der Waals surface area contributed by atoms with E-state index >= 15 is 0 Å². The van der Waals surface area contributed by atoms with Gasteiger partial charge >= 0.3 is 0 Å². The Morgan fingerprint density at radius 1 is 1.22 bits per heavy atom. The van der Waals surface area contributed by atoms with Crippen molar-refractivity contribution in [1.82, 2.24) is 0 Å². The Morgan fingerprint density at radius 2 is 1.94 bits per heavy atom. The van der Waals surface area contributed by atoms with Crippen LogP contribution in [0.2, 0.25) is 0 Å². The van der Waals surface area contributed by atoms with Gasteiger partial charge < -0.3 is 10.2 Å². The third-order valence-electron chi connectivity index (χ3n) is 3.85. The molecule has 4 heteroatoms. The number of Topliss-reactive ketones (excluding diaryl/α,β-unsaturated/α-hetero) is 1. The van der Waals surface area contributed by atoms with Crippen LogP contribution in [-0.2, 0) is 4.79 Å². The lowest BCUT2D eigenvalue weighted by molar-refractivity contribution is -0.112. The minimum absolute atomic E-state index is 0.427. The molecule has 2 aliphatic rings. The number of ketones is 1. The summed E-state index contributed by atoms with van der Waals surface area (Å²) < 4.78 is 0. The van der Waals surface area contributed by atoms with Crippen molar-refractivity contribution < 1.29 is 9.59 Å². The van der Waals surface area contributed by atoms with Gasteiger partial charge in [-0.25, -0.2) is 0 Å². The van der Waals surface area contributed by atoms with Crippen LogP contribution in [0.5, 0.6) is 0 Å². The summed E-state index contributed by atoms with van der Waals surface area (Å²) in [6, 6.07) is 5.60. The Bertz CT molecular complexity index is 517. The number of amides is 1. The molecule has 0 spiro atoms. The molecule has 2 heterocycles. The number of anilines is 2. The normalized spacial score (nSPS) is 19.9. The molecule has 0 aliphatic carbocycles. The summed E-state index contributed by atoms with van der Waals surface area (Å²) in [5.74, 6) is -0.157. The molecular formula is C14H16N2O2. The van der Waals surface area contributed by atoms with E-state index in [1.54, 1.807) is 6.07 Å². The fourth-order valence-corrected chi connectivity index (χ4v) is 2.60. The van der Waals surface area contributed by atoms with Gasteiger partial charge in [0, 0.05) is 18.8 Å². The number of carbonyl (C=O) groups excluding carboxylic acids is 2. The van der Waals surface area contributed by atoms with Gasteiger partial charge in [-0.2, -0.15) is 0 Å². The lowest BCUT2D eigenvalue weighted by Gasteiger charge is -2.32. The first-order valence-corrected chi connectivity index (χ1v) is 6.40. The highest BCUT2D eigenvalue weighted by molar-refractivity contribution is 6.51. The van der Waals surface area contributed by atoms with Crippen molar-refractivity contribution in [3.63, 3.8) is 0 Å². The maximum Gasteiger partial charge on any atom is 0.296 e. The van der Waals surface area contributed by atoms with E-state index in [4.69, 9.17) is 0 Å². The number of nitrogens with one attached hydrogen (secondary N) is 1. The zero-order chi connectivity index (χ0) is 12.7. The van der Waals surface area contributed by atoms with Crippen molar-refractivity contribution >= 4 is 23.1 Å². The molecule has 0 aromatic heterocycles. The molecule has 18 heavy (non-hydrogen) atoms. The molecule has 1 fully saturated rings. The maximum absolute atomic E-state index is 11.5. The van der Waals surface area contributed by atoms with E-state index in [0.29, 0.717) is 11.3 Å². The second kappa shape index (κ2) is 4.12. The van der Waals surface area contributed by atoms with E-state index in [-0.39, 0.29) is 0 Å². The quantitative estimate of drug-likeness (QED) is 0.769. The van der Waals surface area contributed by atoms with Crippen LogP contribution >= 0.6 is 0 Å². The number of hydrogen-bond acceptors (Lipinski definition) is 3. The van der Waals surface area contributed by atoms with Crippen LogP contribution in [0, 0.1) is 5.92 Å². The van der Waals surface area contributed by atoms with E-state index < -0.39 is 11.7 Å². The van der Waals surface area contributed by atoms with E-state index in [9.17, 15) is 9.59 Å². The summed E-state index contributed by atoms with van der Waals surface area (Å²) in [6.07, 6.45) is 2.39. The number of rotatable bonds is 1. The van der Waals surface area contributed by atoms with E-state index in [0.717, 1.165) is 24.7 Å². The van der Waals surface area contributed by atoms with Crippen LogP contribution in [0.25, 0.3) is 0 Å². The van der Waals surface area contributed by atoms with Gasteiger partial charge in [0.05, 0.1) is 11.3 Å². The van der Waals surface area contributed by atoms with Crippen LogP contribution < -0.4 is 10.2 Å². The van der Waals surface area contributed by atoms with Gasteiger partial charge in [-0.15, -0.1) is 0 Å². The van der Waals surface area contributed by atoms with E-state index in [1.807, 2.05) is 12.1 Å². The predicted octanol–water partition coefficient (Wildman–Crippen LogP) is 2.06. The number of benzene rings is 1. The summed E-state index contributed by atoms with van der Waals surface area (Å²) >= 11 is 0. The highest BCUT2D eigenvalue weighted by Crippen LogP contribution is 2.30. The number of piperidine rings is 1. The molecule has 0 bridgehead atoms. The first-order chi connectivity index (χ1) is 8.65. The second-order valence-electron chi connectivity index (χ2n) is 5.18. The predicted molar refractivity (Wildman–Crippen MR) is 70.0 cm³/mol. The van der Waals surface area contributed by atoms with Gasteiger partial charge in [0.2, 0.25) is 0 Å². The molecule has 0 saturated carbocycles. The van der Waals surface area contributed by atoms with E-state index in [1.165, 1.54) is 12.8 Å². The summed E-state index contributed by atoms with van der Waals surface area (Å²) in [5.41, 5.74) is 2.24. The average molecular weight is 244 g/mol. The number of nitrogens with zero attached hydrogens (tertiary/aromatic N) is 1. The lowest BCUT2D eigenvalue weighted by atomic mass is 9.98. The van der Waals surface area contributed by atoms with Gasteiger partial charge in [-0.05, 0) is 37.0 Å². The Kier molecular flexibility index (Phi) is 2.58. The first-order valence-electron chi connectivity index (χ1n) is 6.40.